The van der Waals surface area contributed by atoms with Crippen LogP contribution in [0.3, 0.4) is 0 Å². The van der Waals surface area contributed by atoms with Gasteiger partial charge in [0.1, 0.15) is 5.82 Å². The summed E-state index contributed by atoms with van der Waals surface area (Å²) in [7, 11) is 0. The highest BCUT2D eigenvalue weighted by Crippen LogP contribution is 2.34. The van der Waals surface area contributed by atoms with E-state index < -0.39 is 0 Å². The highest BCUT2D eigenvalue weighted by molar-refractivity contribution is 5.78. The van der Waals surface area contributed by atoms with Gasteiger partial charge in [-0.05, 0) is 25.3 Å². The molecule has 0 bridgehead atoms. The zero-order valence-corrected chi connectivity index (χ0v) is 12.0. The lowest BCUT2D eigenvalue weighted by Gasteiger charge is -2.12. The van der Waals surface area contributed by atoms with E-state index in [1.54, 1.807) is 6.20 Å². The number of hydrogen-bond donors (Lipinski definition) is 3. The Kier molecular flexibility index (Phi) is 3.04. The maximum atomic E-state index is 11.4. The number of aromatic nitrogens is 5. The highest BCUT2D eigenvalue weighted by atomic mass is 16.1. The number of rotatable bonds is 3. The molecule has 4 N–H and O–H groups in total. The van der Waals surface area contributed by atoms with Crippen molar-refractivity contribution in [3.8, 4) is 0 Å². The van der Waals surface area contributed by atoms with Gasteiger partial charge in [0.25, 0.3) is 0 Å². The Morgan fingerprint density at radius 3 is 3.23 bits per heavy atom. The molecule has 3 aromatic heterocycles. The van der Waals surface area contributed by atoms with Crippen LogP contribution in [0.1, 0.15) is 31.0 Å². The number of carbonyl (C=O) groups excluding carboxylic acids is 1. The van der Waals surface area contributed by atoms with E-state index in [9.17, 15) is 4.79 Å². The van der Waals surface area contributed by atoms with Crippen LogP contribution in [0.25, 0.3) is 16.8 Å². The molecule has 3 heterocycles. The van der Waals surface area contributed by atoms with E-state index in [0.717, 1.165) is 41.9 Å². The highest BCUT2D eigenvalue weighted by Gasteiger charge is 2.30. The molecule has 1 aliphatic rings. The molecule has 0 unspecified atom stereocenters. The average molecular weight is 299 g/mol. The lowest BCUT2D eigenvalue weighted by molar-refractivity contribution is -0.120. The molecule has 0 aliphatic heterocycles. The fraction of sp³-hybridized carbons (Fsp3) is 0.429. The molecule has 114 valence electrons. The number of hydrogen-bond acceptors (Lipinski definition) is 5. The van der Waals surface area contributed by atoms with E-state index in [2.05, 4.69) is 29.9 Å². The summed E-state index contributed by atoms with van der Waals surface area (Å²) in [5, 5.41) is 11.5. The maximum absolute atomic E-state index is 11.4. The second-order valence-corrected chi connectivity index (χ2v) is 5.70. The summed E-state index contributed by atoms with van der Waals surface area (Å²) in [6.07, 6.45) is 6.36. The lowest BCUT2D eigenvalue weighted by Crippen LogP contribution is -2.37. The molecule has 22 heavy (non-hydrogen) atoms. The zero-order chi connectivity index (χ0) is 15.1. The molecule has 0 aromatic carbocycles. The van der Waals surface area contributed by atoms with Crippen LogP contribution in [0.15, 0.2) is 18.5 Å². The van der Waals surface area contributed by atoms with Crippen molar-refractivity contribution < 1.29 is 4.79 Å². The largest absolute Gasteiger partial charge is 0.352 e. The second kappa shape index (κ2) is 5.06. The first-order valence-corrected chi connectivity index (χ1v) is 7.43. The van der Waals surface area contributed by atoms with E-state index in [-0.39, 0.29) is 24.4 Å². The molecular formula is C14H17N7O. The molecule has 3 aromatic rings. The van der Waals surface area contributed by atoms with Gasteiger partial charge in [0.15, 0.2) is 11.3 Å². The summed E-state index contributed by atoms with van der Waals surface area (Å²) in [6.45, 7) is 0.0324. The number of amides is 1. The monoisotopic (exact) mass is 299 g/mol. The number of H-pyrrole nitrogens is 1. The summed E-state index contributed by atoms with van der Waals surface area (Å²) >= 11 is 0. The Hall–Kier alpha value is -2.48. The first-order valence-electron chi connectivity index (χ1n) is 7.43. The molecule has 2 atom stereocenters. The van der Waals surface area contributed by atoms with E-state index in [1.807, 2.05) is 12.3 Å². The van der Waals surface area contributed by atoms with Gasteiger partial charge >= 0.3 is 0 Å². The standard InChI is InChI=1S/C14H17N7O/c15-6-12(22)18-9-2-1-8(5-9)14-20-19-11-7-17-13-10(21(11)14)3-4-16-13/h3-4,7-9,16H,1-2,5-6,15H2,(H,18,22)/t8-,9-/m1/s1. The van der Waals surface area contributed by atoms with Gasteiger partial charge < -0.3 is 16.0 Å². The van der Waals surface area contributed by atoms with Gasteiger partial charge in [0.05, 0.1) is 18.3 Å². The summed E-state index contributed by atoms with van der Waals surface area (Å²) < 4.78 is 2.05. The van der Waals surface area contributed by atoms with Crippen molar-refractivity contribution in [2.75, 3.05) is 6.54 Å². The van der Waals surface area contributed by atoms with Crippen molar-refractivity contribution in [2.24, 2.45) is 5.73 Å². The first-order chi connectivity index (χ1) is 10.8. The summed E-state index contributed by atoms with van der Waals surface area (Å²) in [4.78, 5) is 18.9. The smallest absolute Gasteiger partial charge is 0.233 e. The summed E-state index contributed by atoms with van der Waals surface area (Å²) in [5.41, 5.74) is 7.90. The molecule has 0 spiro atoms. The van der Waals surface area contributed by atoms with Crippen molar-refractivity contribution in [3.05, 3.63) is 24.3 Å². The fourth-order valence-electron chi connectivity index (χ4n) is 3.30. The van der Waals surface area contributed by atoms with Gasteiger partial charge in [-0.2, -0.15) is 0 Å². The molecule has 0 radical (unpaired) electrons. The predicted molar refractivity (Wildman–Crippen MR) is 80.2 cm³/mol. The topological polar surface area (TPSA) is 114 Å². The van der Waals surface area contributed by atoms with Gasteiger partial charge in [-0.1, -0.05) is 0 Å². The van der Waals surface area contributed by atoms with Gasteiger partial charge in [-0.15, -0.1) is 10.2 Å². The van der Waals surface area contributed by atoms with Crippen molar-refractivity contribution in [3.63, 3.8) is 0 Å². The van der Waals surface area contributed by atoms with Crippen LogP contribution in [0.2, 0.25) is 0 Å². The molecule has 1 aliphatic carbocycles. The van der Waals surface area contributed by atoms with E-state index in [1.165, 1.54) is 0 Å². The van der Waals surface area contributed by atoms with Crippen LogP contribution in [0.4, 0.5) is 0 Å². The van der Waals surface area contributed by atoms with Crippen LogP contribution in [-0.4, -0.2) is 43.1 Å². The number of carbonyl (C=O) groups is 1. The molecule has 0 saturated heterocycles. The fourth-order valence-corrected chi connectivity index (χ4v) is 3.30. The summed E-state index contributed by atoms with van der Waals surface area (Å²) in [5.74, 6) is 1.11. The Balaban J connectivity index is 1.67. The quantitative estimate of drug-likeness (QED) is 0.644. The molecule has 4 rings (SSSR count). The number of nitrogens with two attached hydrogens (primary N) is 1. The maximum Gasteiger partial charge on any atom is 0.233 e. The number of aromatic amines is 1. The lowest BCUT2D eigenvalue weighted by atomic mass is 10.1. The number of fused-ring (bicyclic) bond motifs is 3. The van der Waals surface area contributed by atoms with Crippen LogP contribution in [0.5, 0.6) is 0 Å². The number of nitrogens with one attached hydrogen (secondary N) is 2. The van der Waals surface area contributed by atoms with Crippen LogP contribution in [0, 0.1) is 0 Å². The van der Waals surface area contributed by atoms with Crippen LogP contribution >= 0.6 is 0 Å². The van der Waals surface area contributed by atoms with Crippen molar-refractivity contribution in [1.82, 2.24) is 29.9 Å². The SMILES string of the molecule is NCC(=O)N[C@@H]1CC[C@@H](c2nnc3cnc4[nH]ccc4n23)C1. The minimum Gasteiger partial charge on any atom is -0.352 e. The average Bonchev–Trinajstić information content (AvgIpc) is 3.24. The third-order valence-corrected chi connectivity index (χ3v) is 4.32. The molecule has 1 fully saturated rings. The Morgan fingerprint density at radius 1 is 1.45 bits per heavy atom. The first kappa shape index (κ1) is 13.2. The minimum atomic E-state index is -0.103. The van der Waals surface area contributed by atoms with Gasteiger partial charge in [-0.3, -0.25) is 9.20 Å². The van der Waals surface area contributed by atoms with Crippen molar-refractivity contribution >= 4 is 22.7 Å². The van der Waals surface area contributed by atoms with Crippen molar-refractivity contribution in [1.29, 1.82) is 0 Å². The number of nitrogens with zero attached hydrogens (tertiary/aromatic N) is 4. The minimum absolute atomic E-state index is 0.0324. The second-order valence-electron chi connectivity index (χ2n) is 5.70. The van der Waals surface area contributed by atoms with Gasteiger partial charge in [-0.25, -0.2) is 4.98 Å². The normalized spacial score (nSPS) is 21.7. The van der Waals surface area contributed by atoms with E-state index >= 15 is 0 Å². The molecule has 1 saturated carbocycles. The molecular weight excluding hydrogens is 282 g/mol. The van der Waals surface area contributed by atoms with Gasteiger partial charge in [0, 0.05) is 18.2 Å². The zero-order valence-electron chi connectivity index (χ0n) is 12.0. The predicted octanol–water partition coefficient (Wildman–Crippen LogP) is 0.317. The van der Waals surface area contributed by atoms with Crippen LogP contribution in [-0.2, 0) is 4.79 Å². The molecule has 8 nitrogen and oxygen atoms in total. The third-order valence-electron chi connectivity index (χ3n) is 4.32. The Labute approximate surface area is 126 Å². The Bertz CT molecular complexity index is 836. The van der Waals surface area contributed by atoms with E-state index in [4.69, 9.17) is 5.73 Å². The molecule has 8 heteroatoms. The van der Waals surface area contributed by atoms with Crippen molar-refractivity contribution in [2.45, 2.75) is 31.2 Å². The summed E-state index contributed by atoms with van der Waals surface area (Å²) in [6, 6.07) is 2.14. The Morgan fingerprint density at radius 2 is 2.36 bits per heavy atom. The van der Waals surface area contributed by atoms with Gasteiger partial charge in [0.2, 0.25) is 5.91 Å². The van der Waals surface area contributed by atoms with Crippen LogP contribution < -0.4 is 11.1 Å². The van der Waals surface area contributed by atoms with E-state index in [0.29, 0.717) is 0 Å². The third kappa shape index (κ3) is 2.03. The molecule has 1 amide bonds.